The van der Waals surface area contributed by atoms with Crippen LogP contribution in [0.5, 0.6) is 0 Å². The van der Waals surface area contributed by atoms with E-state index in [2.05, 4.69) is 5.16 Å². The van der Waals surface area contributed by atoms with Gasteiger partial charge in [-0.15, -0.1) is 0 Å². The maximum absolute atomic E-state index is 10.6. The fourth-order valence-electron chi connectivity index (χ4n) is 0.900. The van der Waals surface area contributed by atoms with Crippen LogP contribution in [0, 0.1) is 0 Å². The van der Waals surface area contributed by atoms with Crippen molar-refractivity contribution < 1.29 is 9.63 Å². The predicted octanol–water partition coefficient (Wildman–Crippen LogP) is 3.65. The van der Waals surface area contributed by atoms with Crippen molar-refractivity contribution in [3.63, 3.8) is 0 Å². The number of halogens is 3. The van der Waals surface area contributed by atoms with E-state index in [-0.39, 0.29) is 12.3 Å². The van der Waals surface area contributed by atoms with Gasteiger partial charge in [-0.05, 0) is 30.7 Å². The largest absolute Gasteiger partial charge is 0.390 e. The molecule has 0 unspecified atom stereocenters. The number of hydrogen-bond acceptors (Lipinski definition) is 3. The molecule has 0 N–H and O–H groups in total. The molecule has 1 rings (SSSR count). The van der Waals surface area contributed by atoms with Gasteiger partial charge in [0.1, 0.15) is 12.3 Å². The monoisotopic (exact) mass is 279 g/mol. The van der Waals surface area contributed by atoms with Crippen LogP contribution in [0.15, 0.2) is 23.4 Å². The lowest BCUT2D eigenvalue weighted by atomic mass is 10.2. The highest BCUT2D eigenvalue weighted by atomic mass is 35.5. The van der Waals surface area contributed by atoms with Gasteiger partial charge in [0.25, 0.3) is 5.24 Å². The van der Waals surface area contributed by atoms with Crippen molar-refractivity contribution in [2.45, 2.75) is 13.5 Å². The summed E-state index contributed by atoms with van der Waals surface area (Å²) >= 11 is 17.0. The van der Waals surface area contributed by atoms with Crippen molar-refractivity contribution in [3.8, 4) is 0 Å². The van der Waals surface area contributed by atoms with Gasteiger partial charge in [0.05, 0.1) is 0 Å². The Labute approximate surface area is 108 Å². The van der Waals surface area contributed by atoms with Gasteiger partial charge >= 0.3 is 0 Å². The normalized spacial score (nSPS) is 11.4. The number of benzene rings is 1. The minimum absolute atomic E-state index is 0.0739. The van der Waals surface area contributed by atoms with Crippen LogP contribution < -0.4 is 0 Å². The number of carbonyl (C=O) groups excluding carboxylic acids is 1. The van der Waals surface area contributed by atoms with Crippen molar-refractivity contribution in [1.29, 1.82) is 0 Å². The second kappa shape index (κ2) is 6.09. The first-order valence-electron chi connectivity index (χ1n) is 4.31. The zero-order valence-electron chi connectivity index (χ0n) is 8.34. The smallest absolute Gasteiger partial charge is 0.269 e. The Kier molecular flexibility index (Phi) is 5.06. The van der Waals surface area contributed by atoms with E-state index >= 15 is 0 Å². The SMILES string of the molecule is CC(=NOCc1c(Cl)cccc1Cl)C(=O)Cl. The molecule has 0 heterocycles. The molecule has 0 aliphatic heterocycles. The van der Waals surface area contributed by atoms with Gasteiger partial charge in [0.2, 0.25) is 0 Å². The van der Waals surface area contributed by atoms with Gasteiger partial charge in [-0.3, -0.25) is 4.79 Å². The van der Waals surface area contributed by atoms with E-state index in [0.29, 0.717) is 15.6 Å². The van der Waals surface area contributed by atoms with Crippen LogP contribution in [0.2, 0.25) is 10.0 Å². The van der Waals surface area contributed by atoms with Crippen molar-refractivity contribution in [2.24, 2.45) is 5.16 Å². The van der Waals surface area contributed by atoms with E-state index in [1.165, 1.54) is 6.92 Å². The lowest BCUT2D eigenvalue weighted by Crippen LogP contribution is -2.02. The molecule has 86 valence electrons. The van der Waals surface area contributed by atoms with Gasteiger partial charge in [-0.25, -0.2) is 0 Å². The summed E-state index contributed by atoms with van der Waals surface area (Å²) in [4.78, 5) is 15.5. The molecule has 0 spiro atoms. The quantitative estimate of drug-likeness (QED) is 0.480. The number of hydrogen-bond donors (Lipinski definition) is 0. The van der Waals surface area contributed by atoms with Crippen LogP contribution in [0.1, 0.15) is 12.5 Å². The van der Waals surface area contributed by atoms with Gasteiger partial charge in [-0.1, -0.05) is 34.4 Å². The number of nitrogens with zero attached hydrogens (tertiary/aromatic N) is 1. The zero-order chi connectivity index (χ0) is 12.1. The molecule has 6 heteroatoms. The second-order valence-corrected chi connectivity index (χ2v) is 4.08. The third-order valence-corrected chi connectivity index (χ3v) is 2.74. The molecule has 0 amide bonds. The third kappa shape index (κ3) is 3.67. The summed E-state index contributed by atoms with van der Waals surface area (Å²) in [7, 11) is 0. The average molecular weight is 281 g/mol. The minimum Gasteiger partial charge on any atom is -0.390 e. The standard InChI is InChI=1S/C10H8Cl3NO2/c1-6(10(13)15)14-16-5-7-8(11)3-2-4-9(7)12/h2-4H,5H2,1H3. The summed E-state index contributed by atoms with van der Waals surface area (Å²) in [6.45, 7) is 1.53. The highest BCUT2D eigenvalue weighted by Gasteiger charge is 2.06. The molecule has 0 fully saturated rings. The van der Waals surface area contributed by atoms with Crippen LogP contribution >= 0.6 is 34.8 Å². The molecule has 0 aliphatic rings. The molecule has 3 nitrogen and oxygen atoms in total. The maximum Gasteiger partial charge on any atom is 0.269 e. The van der Waals surface area contributed by atoms with Crippen LogP contribution in [0.25, 0.3) is 0 Å². The first kappa shape index (κ1) is 13.3. The summed E-state index contributed by atoms with van der Waals surface area (Å²) in [5, 5.41) is 3.82. The highest BCUT2D eigenvalue weighted by Crippen LogP contribution is 2.24. The van der Waals surface area contributed by atoms with E-state index < -0.39 is 5.24 Å². The minimum atomic E-state index is -0.662. The third-order valence-electron chi connectivity index (χ3n) is 1.76. The van der Waals surface area contributed by atoms with Crippen LogP contribution in [-0.4, -0.2) is 11.0 Å². The fourth-order valence-corrected chi connectivity index (χ4v) is 1.44. The topological polar surface area (TPSA) is 38.7 Å². The van der Waals surface area contributed by atoms with E-state index in [9.17, 15) is 4.79 Å². The first-order valence-corrected chi connectivity index (χ1v) is 5.45. The highest BCUT2D eigenvalue weighted by molar-refractivity contribution is 6.81. The predicted molar refractivity (Wildman–Crippen MR) is 65.2 cm³/mol. The lowest BCUT2D eigenvalue weighted by molar-refractivity contribution is -0.106. The number of rotatable bonds is 4. The van der Waals surface area contributed by atoms with Crippen molar-refractivity contribution in [2.75, 3.05) is 0 Å². The van der Waals surface area contributed by atoms with E-state index in [0.717, 1.165) is 0 Å². The molecular formula is C10H8Cl3NO2. The Morgan fingerprint density at radius 3 is 2.44 bits per heavy atom. The molecule has 0 saturated heterocycles. The summed E-state index contributed by atoms with van der Waals surface area (Å²) in [6, 6.07) is 5.11. The summed E-state index contributed by atoms with van der Waals surface area (Å²) in [5.41, 5.74) is 0.689. The van der Waals surface area contributed by atoms with Gasteiger partial charge in [0, 0.05) is 15.6 Å². The van der Waals surface area contributed by atoms with Gasteiger partial charge < -0.3 is 4.84 Å². The molecule has 0 radical (unpaired) electrons. The first-order chi connectivity index (χ1) is 7.52. The summed E-state index contributed by atoms with van der Waals surface area (Å²) in [6.07, 6.45) is 0. The molecule has 1 aromatic carbocycles. The molecular weight excluding hydrogens is 272 g/mol. The summed E-state index contributed by atoms with van der Waals surface area (Å²) in [5.74, 6) is 0. The molecule has 0 aliphatic carbocycles. The molecule has 1 aromatic rings. The van der Waals surface area contributed by atoms with Gasteiger partial charge in [-0.2, -0.15) is 0 Å². The Hall–Kier alpha value is -0.770. The van der Waals surface area contributed by atoms with E-state index in [4.69, 9.17) is 39.6 Å². The van der Waals surface area contributed by atoms with E-state index in [1.807, 2.05) is 0 Å². The Morgan fingerprint density at radius 1 is 1.38 bits per heavy atom. The van der Waals surface area contributed by atoms with Crippen LogP contribution in [-0.2, 0) is 16.2 Å². The van der Waals surface area contributed by atoms with Crippen molar-refractivity contribution in [3.05, 3.63) is 33.8 Å². The fraction of sp³-hybridized carbons (Fsp3) is 0.200. The summed E-state index contributed by atoms with van der Waals surface area (Å²) < 4.78 is 0. The second-order valence-electron chi connectivity index (χ2n) is 2.92. The maximum atomic E-state index is 10.6. The van der Waals surface area contributed by atoms with Crippen LogP contribution in [0.3, 0.4) is 0 Å². The van der Waals surface area contributed by atoms with E-state index in [1.54, 1.807) is 18.2 Å². The molecule has 0 atom stereocenters. The molecule has 0 saturated carbocycles. The Morgan fingerprint density at radius 2 is 1.94 bits per heavy atom. The zero-order valence-corrected chi connectivity index (χ0v) is 10.6. The van der Waals surface area contributed by atoms with Crippen molar-refractivity contribution >= 4 is 45.8 Å². The van der Waals surface area contributed by atoms with Crippen LogP contribution in [0.4, 0.5) is 0 Å². The average Bonchev–Trinajstić information content (AvgIpc) is 2.22. The molecule has 0 aromatic heterocycles. The number of oxime groups is 1. The van der Waals surface area contributed by atoms with Crippen molar-refractivity contribution in [1.82, 2.24) is 0 Å². The van der Waals surface area contributed by atoms with Gasteiger partial charge in [0.15, 0.2) is 0 Å². The Balaban J connectivity index is 2.69. The number of carbonyl (C=O) groups is 1. The Bertz CT molecular complexity index is 412. The molecule has 16 heavy (non-hydrogen) atoms. The molecule has 0 bridgehead atoms. The lowest BCUT2D eigenvalue weighted by Gasteiger charge is -2.05.